The lowest BCUT2D eigenvalue weighted by atomic mass is 10.1. The average molecular weight is 341 g/mol. The molecule has 0 saturated carbocycles. The summed E-state index contributed by atoms with van der Waals surface area (Å²) in [5, 5.41) is 8.27. The Labute approximate surface area is 143 Å². The SMILES string of the molecule is CNC1CCCN(CCC(=O)NC(=O)Nc2ccccc2)C1.Cl. The molecule has 1 fully saturated rings. The number of benzene rings is 1. The Morgan fingerprint density at radius 2 is 2.00 bits per heavy atom. The number of imide groups is 1. The summed E-state index contributed by atoms with van der Waals surface area (Å²) in [7, 11) is 1.97. The lowest BCUT2D eigenvalue weighted by molar-refractivity contribution is -0.120. The molecule has 6 nitrogen and oxygen atoms in total. The molecule has 1 unspecified atom stereocenters. The molecule has 3 amide bonds. The van der Waals surface area contributed by atoms with Crippen molar-refractivity contribution in [2.24, 2.45) is 0 Å². The van der Waals surface area contributed by atoms with E-state index in [9.17, 15) is 9.59 Å². The summed E-state index contributed by atoms with van der Waals surface area (Å²) in [6, 6.07) is 9.08. The Morgan fingerprint density at radius 3 is 2.70 bits per heavy atom. The van der Waals surface area contributed by atoms with Gasteiger partial charge < -0.3 is 15.5 Å². The average Bonchev–Trinajstić information content (AvgIpc) is 2.54. The number of anilines is 1. The van der Waals surface area contributed by atoms with E-state index in [1.807, 2.05) is 25.2 Å². The van der Waals surface area contributed by atoms with Crippen molar-refractivity contribution in [3.63, 3.8) is 0 Å². The Hall–Kier alpha value is -1.63. The number of halogens is 1. The van der Waals surface area contributed by atoms with Gasteiger partial charge in [-0.1, -0.05) is 18.2 Å². The standard InChI is InChI=1S/C16H24N4O2.ClH/c1-17-14-8-5-10-20(12-14)11-9-15(21)19-16(22)18-13-6-3-2-4-7-13;/h2-4,6-7,14,17H,5,8-12H2,1H3,(H2,18,19,21,22);1H. The van der Waals surface area contributed by atoms with Gasteiger partial charge in [0.25, 0.3) is 0 Å². The molecule has 1 aromatic carbocycles. The molecular weight excluding hydrogens is 316 g/mol. The smallest absolute Gasteiger partial charge is 0.316 e. The van der Waals surface area contributed by atoms with Gasteiger partial charge in [-0.2, -0.15) is 0 Å². The summed E-state index contributed by atoms with van der Waals surface area (Å²) < 4.78 is 0. The molecule has 1 saturated heterocycles. The highest BCUT2D eigenvalue weighted by molar-refractivity contribution is 6.01. The number of piperidine rings is 1. The predicted octanol–water partition coefficient (Wildman–Crippen LogP) is 1.83. The van der Waals surface area contributed by atoms with Crippen LogP contribution in [0, 0.1) is 0 Å². The van der Waals surface area contributed by atoms with Gasteiger partial charge in [0.2, 0.25) is 5.91 Å². The van der Waals surface area contributed by atoms with Crippen LogP contribution < -0.4 is 16.0 Å². The minimum Gasteiger partial charge on any atom is -0.316 e. The molecule has 2 rings (SSSR count). The molecule has 0 radical (unpaired) electrons. The van der Waals surface area contributed by atoms with Crippen molar-refractivity contribution in [3.8, 4) is 0 Å². The van der Waals surface area contributed by atoms with Crippen LogP contribution in [0.4, 0.5) is 10.5 Å². The van der Waals surface area contributed by atoms with Gasteiger partial charge in [-0.25, -0.2) is 4.79 Å². The third-order valence-electron chi connectivity index (χ3n) is 3.85. The first-order chi connectivity index (χ1) is 10.7. The normalized spacial score (nSPS) is 17.9. The Balaban J connectivity index is 0.00000264. The molecule has 1 aliphatic heterocycles. The van der Waals surface area contributed by atoms with E-state index in [0.717, 1.165) is 19.5 Å². The van der Waals surface area contributed by atoms with Gasteiger partial charge >= 0.3 is 6.03 Å². The Morgan fingerprint density at radius 1 is 1.26 bits per heavy atom. The number of nitrogens with zero attached hydrogens (tertiary/aromatic N) is 1. The van der Waals surface area contributed by atoms with Crippen molar-refractivity contribution in [3.05, 3.63) is 30.3 Å². The molecule has 128 valence electrons. The number of carbonyl (C=O) groups excluding carboxylic acids is 2. The van der Waals surface area contributed by atoms with Crippen LogP contribution in [0.2, 0.25) is 0 Å². The van der Waals surface area contributed by atoms with Crippen LogP contribution >= 0.6 is 12.4 Å². The maximum atomic E-state index is 11.8. The van der Waals surface area contributed by atoms with Gasteiger partial charge in [-0.3, -0.25) is 10.1 Å². The van der Waals surface area contributed by atoms with Crippen molar-refractivity contribution >= 4 is 30.0 Å². The second-order valence-electron chi connectivity index (χ2n) is 5.55. The number of hydrogen-bond acceptors (Lipinski definition) is 4. The van der Waals surface area contributed by atoms with Gasteiger partial charge in [0.15, 0.2) is 0 Å². The van der Waals surface area contributed by atoms with Crippen molar-refractivity contribution in [2.75, 3.05) is 32.0 Å². The van der Waals surface area contributed by atoms with E-state index in [-0.39, 0.29) is 18.3 Å². The van der Waals surface area contributed by atoms with Crippen molar-refractivity contribution in [1.82, 2.24) is 15.5 Å². The minimum absolute atomic E-state index is 0. The van der Waals surface area contributed by atoms with Crippen LogP contribution in [0.25, 0.3) is 0 Å². The van der Waals surface area contributed by atoms with E-state index in [2.05, 4.69) is 20.9 Å². The first-order valence-electron chi connectivity index (χ1n) is 7.73. The van der Waals surface area contributed by atoms with Gasteiger partial charge in [0.05, 0.1) is 0 Å². The quantitative estimate of drug-likeness (QED) is 0.764. The lowest BCUT2D eigenvalue weighted by Crippen LogP contribution is -2.45. The number of para-hydroxylation sites is 1. The summed E-state index contributed by atoms with van der Waals surface area (Å²) in [6.07, 6.45) is 2.65. The highest BCUT2D eigenvalue weighted by atomic mass is 35.5. The molecule has 1 heterocycles. The van der Waals surface area contributed by atoms with Crippen molar-refractivity contribution < 1.29 is 9.59 Å². The number of urea groups is 1. The first kappa shape index (κ1) is 19.4. The number of nitrogens with one attached hydrogen (secondary N) is 3. The molecule has 1 atom stereocenters. The number of likely N-dealkylation sites (tertiary alicyclic amines) is 1. The van der Waals surface area contributed by atoms with Crippen LogP contribution in [0.5, 0.6) is 0 Å². The number of carbonyl (C=O) groups is 2. The third-order valence-corrected chi connectivity index (χ3v) is 3.85. The Kier molecular flexibility index (Phi) is 8.61. The molecule has 1 aliphatic rings. The van der Waals surface area contributed by atoms with Crippen LogP contribution in [-0.2, 0) is 4.79 Å². The monoisotopic (exact) mass is 340 g/mol. The molecule has 23 heavy (non-hydrogen) atoms. The fourth-order valence-corrected chi connectivity index (χ4v) is 2.63. The number of amides is 3. The van der Waals surface area contributed by atoms with Crippen LogP contribution in [0.3, 0.4) is 0 Å². The lowest BCUT2D eigenvalue weighted by Gasteiger charge is -2.32. The van der Waals surface area contributed by atoms with E-state index in [4.69, 9.17) is 0 Å². The van der Waals surface area contributed by atoms with E-state index < -0.39 is 6.03 Å². The van der Waals surface area contributed by atoms with Crippen LogP contribution in [0.15, 0.2) is 30.3 Å². The van der Waals surface area contributed by atoms with E-state index in [1.54, 1.807) is 12.1 Å². The van der Waals surface area contributed by atoms with Gasteiger partial charge in [0, 0.05) is 31.2 Å². The maximum Gasteiger partial charge on any atom is 0.325 e. The zero-order valence-corrected chi connectivity index (χ0v) is 14.2. The van der Waals surface area contributed by atoms with Crippen LogP contribution in [0.1, 0.15) is 19.3 Å². The second-order valence-corrected chi connectivity index (χ2v) is 5.55. The maximum absolute atomic E-state index is 11.8. The number of hydrogen-bond donors (Lipinski definition) is 3. The highest BCUT2D eigenvalue weighted by Gasteiger charge is 2.19. The molecule has 1 aromatic rings. The molecule has 0 aliphatic carbocycles. The summed E-state index contributed by atoms with van der Waals surface area (Å²) in [6.45, 7) is 2.66. The molecular formula is C16H25ClN4O2. The summed E-state index contributed by atoms with van der Waals surface area (Å²) in [4.78, 5) is 25.8. The first-order valence-corrected chi connectivity index (χ1v) is 7.73. The largest absolute Gasteiger partial charge is 0.325 e. The fourth-order valence-electron chi connectivity index (χ4n) is 2.63. The summed E-state index contributed by atoms with van der Waals surface area (Å²) in [5.74, 6) is -0.250. The van der Waals surface area contributed by atoms with Gasteiger partial charge in [0.1, 0.15) is 0 Å². The molecule has 0 aromatic heterocycles. The van der Waals surface area contributed by atoms with Crippen molar-refractivity contribution in [1.29, 1.82) is 0 Å². The zero-order valence-electron chi connectivity index (χ0n) is 13.4. The minimum atomic E-state index is -0.483. The van der Waals surface area contributed by atoms with E-state index in [1.165, 1.54) is 6.42 Å². The number of likely N-dealkylation sites (N-methyl/N-ethyl adjacent to an activating group) is 1. The molecule has 7 heteroatoms. The van der Waals surface area contributed by atoms with Gasteiger partial charge in [-0.15, -0.1) is 12.4 Å². The van der Waals surface area contributed by atoms with E-state index >= 15 is 0 Å². The second kappa shape index (κ2) is 10.2. The summed E-state index contributed by atoms with van der Waals surface area (Å²) >= 11 is 0. The zero-order chi connectivity index (χ0) is 15.8. The molecule has 3 N–H and O–H groups in total. The fraction of sp³-hybridized carbons (Fsp3) is 0.500. The van der Waals surface area contributed by atoms with Gasteiger partial charge in [-0.05, 0) is 38.6 Å². The Bertz CT molecular complexity index is 498. The van der Waals surface area contributed by atoms with Crippen molar-refractivity contribution in [2.45, 2.75) is 25.3 Å². The topological polar surface area (TPSA) is 73.5 Å². The molecule has 0 spiro atoms. The van der Waals surface area contributed by atoms with E-state index in [0.29, 0.717) is 24.7 Å². The predicted molar refractivity (Wildman–Crippen MR) is 94.0 cm³/mol. The number of rotatable bonds is 5. The summed E-state index contributed by atoms with van der Waals surface area (Å²) in [5.41, 5.74) is 0.667. The molecule has 0 bridgehead atoms. The highest BCUT2D eigenvalue weighted by Crippen LogP contribution is 2.10. The third kappa shape index (κ3) is 6.99. The van der Waals surface area contributed by atoms with Crippen LogP contribution in [-0.4, -0.2) is 49.6 Å².